The molecule has 1 N–H and O–H groups in total. The van der Waals surface area contributed by atoms with Crippen molar-refractivity contribution in [3.05, 3.63) is 35.0 Å². The van der Waals surface area contributed by atoms with E-state index in [2.05, 4.69) is 37.1 Å². The normalized spacial score (nSPS) is 18.9. The van der Waals surface area contributed by atoms with E-state index in [0.717, 1.165) is 27.2 Å². The van der Waals surface area contributed by atoms with Crippen LogP contribution in [0.25, 0.3) is 10.9 Å². The maximum absolute atomic E-state index is 6.49. The van der Waals surface area contributed by atoms with Crippen LogP contribution in [0.5, 0.6) is 0 Å². The van der Waals surface area contributed by atoms with Crippen molar-refractivity contribution in [2.45, 2.75) is 52.5 Å². The summed E-state index contributed by atoms with van der Waals surface area (Å²) in [6.07, 6.45) is 6.79. The van der Waals surface area contributed by atoms with Crippen LogP contribution >= 0.6 is 11.6 Å². The zero-order valence-electron chi connectivity index (χ0n) is 13.0. The smallest absolute Gasteiger partial charge is 0.0752 e. The summed E-state index contributed by atoms with van der Waals surface area (Å²) in [5, 5.41) is 5.62. The van der Waals surface area contributed by atoms with Crippen LogP contribution in [-0.4, -0.2) is 11.0 Å². The Balaban J connectivity index is 1.91. The van der Waals surface area contributed by atoms with Crippen molar-refractivity contribution in [2.24, 2.45) is 5.41 Å². The first-order valence-corrected chi connectivity index (χ1v) is 8.14. The molecule has 2 nitrogen and oxygen atoms in total. The second kappa shape index (κ2) is 5.49. The Kier molecular flexibility index (Phi) is 3.83. The molecule has 0 aliphatic heterocycles. The number of pyridine rings is 1. The van der Waals surface area contributed by atoms with Gasteiger partial charge in [0.25, 0.3) is 0 Å². The molecule has 0 atom stereocenters. The van der Waals surface area contributed by atoms with Gasteiger partial charge in [-0.3, -0.25) is 4.98 Å². The van der Waals surface area contributed by atoms with Crippen molar-refractivity contribution in [2.75, 3.05) is 5.32 Å². The number of fused-ring (bicyclic) bond motifs is 1. The van der Waals surface area contributed by atoms with Crippen LogP contribution in [0.4, 0.5) is 5.69 Å². The van der Waals surface area contributed by atoms with Crippen LogP contribution in [0.3, 0.4) is 0 Å². The molecule has 1 fully saturated rings. The van der Waals surface area contributed by atoms with Crippen molar-refractivity contribution in [3.63, 3.8) is 0 Å². The number of benzene rings is 1. The van der Waals surface area contributed by atoms with Gasteiger partial charge in [-0.1, -0.05) is 25.4 Å². The lowest BCUT2D eigenvalue weighted by Crippen LogP contribution is -2.30. The molecule has 1 aliphatic rings. The molecule has 1 saturated carbocycles. The number of nitrogens with zero attached hydrogens (tertiary/aromatic N) is 1. The van der Waals surface area contributed by atoms with Crippen molar-refractivity contribution in [1.29, 1.82) is 0 Å². The van der Waals surface area contributed by atoms with Gasteiger partial charge in [-0.2, -0.15) is 0 Å². The molecule has 0 amide bonds. The number of anilines is 1. The minimum atomic E-state index is 0.485. The molecule has 0 bridgehead atoms. The van der Waals surface area contributed by atoms with E-state index in [9.17, 15) is 0 Å². The lowest BCUT2D eigenvalue weighted by molar-refractivity contribution is 0.232. The molecule has 2 aromatic rings. The SMILES string of the molecule is Cc1cc(Cl)c(NC2CCC(C)(C)CC2)c2cccnc12. The van der Waals surface area contributed by atoms with E-state index in [1.807, 2.05) is 18.3 Å². The maximum atomic E-state index is 6.49. The summed E-state index contributed by atoms with van der Waals surface area (Å²) in [7, 11) is 0. The molecule has 21 heavy (non-hydrogen) atoms. The molecule has 3 heteroatoms. The standard InChI is InChI=1S/C18H23ClN2/c1-12-11-15(19)17(14-5-4-10-20-16(12)14)21-13-6-8-18(2,3)9-7-13/h4-5,10-11,13,21H,6-9H2,1-3H3. The fourth-order valence-corrected chi connectivity index (χ4v) is 3.59. The van der Waals surface area contributed by atoms with E-state index in [4.69, 9.17) is 11.6 Å². The third-order valence-corrected chi connectivity index (χ3v) is 5.02. The molecular formula is C18H23ClN2. The minimum absolute atomic E-state index is 0.485. The van der Waals surface area contributed by atoms with Gasteiger partial charge in [-0.15, -0.1) is 0 Å². The van der Waals surface area contributed by atoms with Crippen molar-refractivity contribution >= 4 is 28.2 Å². The molecule has 112 valence electrons. The van der Waals surface area contributed by atoms with E-state index < -0.39 is 0 Å². The van der Waals surface area contributed by atoms with E-state index in [-0.39, 0.29) is 0 Å². The summed E-state index contributed by atoms with van der Waals surface area (Å²) in [4.78, 5) is 4.50. The Morgan fingerprint density at radius 2 is 2.00 bits per heavy atom. The molecule has 1 aromatic heterocycles. The second-order valence-electron chi connectivity index (χ2n) is 7.03. The lowest BCUT2D eigenvalue weighted by Gasteiger charge is -2.35. The Labute approximate surface area is 131 Å². The third kappa shape index (κ3) is 3.01. The quantitative estimate of drug-likeness (QED) is 0.783. The fraction of sp³-hybridized carbons (Fsp3) is 0.500. The second-order valence-corrected chi connectivity index (χ2v) is 7.44. The summed E-state index contributed by atoms with van der Waals surface area (Å²) in [5.41, 5.74) is 3.71. The topological polar surface area (TPSA) is 24.9 Å². The van der Waals surface area contributed by atoms with Gasteiger partial charge in [-0.25, -0.2) is 0 Å². The number of hydrogen-bond acceptors (Lipinski definition) is 2. The van der Waals surface area contributed by atoms with E-state index in [1.54, 1.807) is 0 Å². The van der Waals surface area contributed by atoms with Gasteiger partial charge < -0.3 is 5.32 Å². The third-order valence-electron chi connectivity index (χ3n) is 4.72. The van der Waals surface area contributed by atoms with Crippen molar-refractivity contribution in [3.8, 4) is 0 Å². The Bertz CT molecular complexity index is 654. The average molecular weight is 303 g/mol. The largest absolute Gasteiger partial charge is 0.381 e. The van der Waals surface area contributed by atoms with Gasteiger partial charge in [0.15, 0.2) is 0 Å². The molecule has 0 saturated heterocycles. The average Bonchev–Trinajstić information content (AvgIpc) is 2.45. The minimum Gasteiger partial charge on any atom is -0.381 e. The first-order chi connectivity index (χ1) is 9.96. The van der Waals surface area contributed by atoms with Gasteiger partial charge in [0.05, 0.1) is 16.2 Å². The Hall–Kier alpha value is -1.28. The van der Waals surface area contributed by atoms with Gasteiger partial charge in [0, 0.05) is 17.6 Å². The van der Waals surface area contributed by atoms with E-state index in [1.165, 1.54) is 25.7 Å². The van der Waals surface area contributed by atoms with E-state index in [0.29, 0.717) is 11.5 Å². The number of nitrogens with one attached hydrogen (secondary N) is 1. The van der Waals surface area contributed by atoms with Gasteiger partial charge in [-0.05, 0) is 61.8 Å². The number of aromatic nitrogens is 1. The fourth-order valence-electron chi connectivity index (χ4n) is 3.27. The number of hydrogen-bond donors (Lipinski definition) is 1. The van der Waals surface area contributed by atoms with Crippen molar-refractivity contribution in [1.82, 2.24) is 4.98 Å². The molecule has 0 unspecified atom stereocenters. The Morgan fingerprint density at radius 3 is 2.71 bits per heavy atom. The first-order valence-electron chi connectivity index (χ1n) is 7.77. The zero-order valence-corrected chi connectivity index (χ0v) is 13.8. The van der Waals surface area contributed by atoms with Crippen LogP contribution < -0.4 is 5.32 Å². The molecule has 1 aliphatic carbocycles. The number of aryl methyl sites for hydroxylation is 1. The van der Waals surface area contributed by atoms with Crippen LogP contribution in [0.1, 0.15) is 45.1 Å². The predicted octanol–water partition coefficient (Wildman–Crippen LogP) is 5.58. The molecular weight excluding hydrogens is 280 g/mol. The Morgan fingerprint density at radius 1 is 1.29 bits per heavy atom. The predicted molar refractivity (Wildman–Crippen MR) is 91.1 cm³/mol. The molecule has 1 heterocycles. The van der Waals surface area contributed by atoms with Crippen LogP contribution in [-0.2, 0) is 0 Å². The highest BCUT2D eigenvalue weighted by molar-refractivity contribution is 6.35. The highest BCUT2D eigenvalue weighted by Crippen LogP contribution is 2.39. The number of rotatable bonds is 2. The van der Waals surface area contributed by atoms with Crippen LogP contribution in [0.15, 0.2) is 24.4 Å². The maximum Gasteiger partial charge on any atom is 0.0752 e. The van der Waals surface area contributed by atoms with Gasteiger partial charge in [0.1, 0.15) is 0 Å². The van der Waals surface area contributed by atoms with Gasteiger partial charge in [0.2, 0.25) is 0 Å². The monoisotopic (exact) mass is 302 g/mol. The summed E-state index contributed by atoms with van der Waals surface area (Å²) < 4.78 is 0. The summed E-state index contributed by atoms with van der Waals surface area (Å²) in [6, 6.07) is 6.62. The number of halogens is 1. The molecule has 1 aromatic carbocycles. The van der Waals surface area contributed by atoms with Crippen LogP contribution in [0.2, 0.25) is 5.02 Å². The lowest BCUT2D eigenvalue weighted by atomic mass is 9.75. The van der Waals surface area contributed by atoms with E-state index >= 15 is 0 Å². The highest BCUT2D eigenvalue weighted by Gasteiger charge is 2.27. The molecule has 0 spiro atoms. The van der Waals surface area contributed by atoms with Gasteiger partial charge >= 0.3 is 0 Å². The van der Waals surface area contributed by atoms with Crippen molar-refractivity contribution < 1.29 is 0 Å². The summed E-state index contributed by atoms with van der Waals surface area (Å²) in [5.74, 6) is 0. The molecule has 3 rings (SSSR count). The highest BCUT2D eigenvalue weighted by atomic mass is 35.5. The summed E-state index contributed by atoms with van der Waals surface area (Å²) >= 11 is 6.49. The zero-order chi connectivity index (χ0) is 15.0. The summed E-state index contributed by atoms with van der Waals surface area (Å²) in [6.45, 7) is 6.79. The molecule has 0 radical (unpaired) electrons. The van der Waals surface area contributed by atoms with Crippen LogP contribution in [0, 0.1) is 12.3 Å². The first kappa shape index (κ1) is 14.6.